The molecule has 64 valence electrons. The molecule has 0 unspecified atom stereocenters. The molecule has 1 aliphatic heterocycles. The Labute approximate surface area is 67.7 Å². The summed E-state index contributed by atoms with van der Waals surface area (Å²) in [5, 5.41) is 0. The zero-order chi connectivity index (χ0) is 8.72. The van der Waals surface area contributed by atoms with Crippen LogP contribution in [0.15, 0.2) is 6.07 Å². The average Bonchev–Trinajstić information content (AvgIpc) is 2.48. The third kappa shape index (κ3) is 0.841. The van der Waals surface area contributed by atoms with Crippen LogP contribution in [0, 0.1) is 18.6 Å². The van der Waals surface area contributed by atoms with E-state index in [2.05, 4.69) is 0 Å². The van der Waals surface area contributed by atoms with Crippen LogP contribution in [0.25, 0.3) is 0 Å². The molecule has 1 aliphatic rings. The molecule has 1 aromatic carbocycles. The van der Waals surface area contributed by atoms with Crippen molar-refractivity contribution in [3.05, 3.63) is 23.3 Å². The lowest BCUT2D eigenvalue weighted by atomic mass is 10.2. The first kappa shape index (κ1) is 7.34. The summed E-state index contributed by atoms with van der Waals surface area (Å²) in [5.74, 6) is -1.15. The van der Waals surface area contributed by atoms with E-state index in [1.807, 2.05) is 0 Å². The number of fused-ring (bicyclic) bond motifs is 1. The van der Waals surface area contributed by atoms with Gasteiger partial charge in [0.25, 0.3) is 0 Å². The Morgan fingerprint density at radius 1 is 1.33 bits per heavy atom. The fraction of sp³-hybridized carbons (Fsp3) is 0.250. The second-order valence-corrected chi connectivity index (χ2v) is 2.53. The highest BCUT2D eigenvalue weighted by atomic mass is 19.1. The fourth-order valence-corrected chi connectivity index (χ4v) is 1.07. The van der Waals surface area contributed by atoms with Gasteiger partial charge in [-0.05, 0) is 6.92 Å². The van der Waals surface area contributed by atoms with Crippen LogP contribution in [-0.4, -0.2) is 6.79 Å². The van der Waals surface area contributed by atoms with Gasteiger partial charge in [0.1, 0.15) is 5.82 Å². The van der Waals surface area contributed by atoms with Crippen LogP contribution in [0.5, 0.6) is 11.5 Å². The van der Waals surface area contributed by atoms with Gasteiger partial charge < -0.3 is 9.47 Å². The first-order chi connectivity index (χ1) is 5.70. The second kappa shape index (κ2) is 2.33. The van der Waals surface area contributed by atoms with Gasteiger partial charge >= 0.3 is 0 Å². The van der Waals surface area contributed by atoms with E-state index in [-0.39, 0.29) is 23.9 Å². The molecule has 4 heteroatoms. The molecule has 1 aromatic rings. The highest BCUT2D eigenvalue weighted by molar-refractivity contribution is 5.46. The van der Waals surface area contributed by atoms with E-state index in [0.29, 0.717) is 0 Å². The van der Waals surface area contributed by atoms with Crippen LogP contribution in [0.4, 0.5) is 8.78 Å². The summed E-state index contributed by atoms with van der Waals surface area (Å²) < 4.78 is 35.6. The Morgan fingerprint density at radius 2 is 2.08 bits per heavy atom. The average molecular weight is 172 g/mol. The summed E-state index contributed by atoms with van der Waals surface area (Å²) in [6, 6.07) is 1.13. The van der Waals surface area contributed by atoms with E-state index in [4.69, 9.17) is 9.47 Å². The topological polar surface area (TPSA) is 18.5 Å². The molecular formula is C8H6F2O2. The van der Waals surface area contributed by atoms with Crippen molar-refractivity contribution >= 4 is 0 Å². The lowest BCUT2D eigenvalue weighted by molar-refractivity contribution is 0.170. The maximum absolute atomic E-state index is 13.1. The first-order valence-electron chi connectivity index (χ1n) is 3.44. The van der Waals surface area contributed by atoms with Crippen molar-refractivity contribution in [2.24, 2.45) is 0 Å². The van der Waals surface area contributed by atoms with E-state index in [9.17, 15) is 8.78 Å². The fourth-order valence-electron chi connectivity index (χ4n) is 1.07. The van der Waals surface area contributed by atoms with Crippen LogP contribution in [-0.2, 0) is 0 Å². The lowest BCUT2D eigenvalue weighted by Gasteiger charge is -2.01. The standard InChI is InChI=1S/C8H6F2O2/c1-4-5(9)2-6-8(7(4)10)12-3-11-6/h2H,3H2,1H3. The van der Waals surface area contributed by atoms with Gasteiger partial charge in [0, 0.05) is 11.6 Å². The number of halogens is 2. The van der Waals surface area contributed by atoms with Gasteiger partial charge in [-0.25, -0.2) is 8.78 Å². The molecule has 0 saturated heterocycles. The molecule has 12 heavy (non-hydrogen) atoms. The Bertz CT molecular complexity index is 336. The molecule has 2 nitrogen and oxygen atoms in total. The molecule has 0 aliphatic carbocycles. The molecular weight excluding hydrogens is 166 g/mol. The van der Waals surface area contributed by atoms with Gasteiger partial charge in [0.15, 0.2) is 11.6 Å². The van der Waals surface area contributed by atoms with Gasteiger partial charge in [-0.15, -0.1) is 0 Å². The number of rotatable bonds is 0. The largest absolute Gasteiger partial charge is 0.453 e. The summed E-state index contributed by atoms with van der Waals surface area (Å²) in [6.45, 7) is 1.31. The number of hydrogen-bond acceptors (Lipinski definition) is 2. The minimum absolute atomic E-state index is 0.00824. The van der Waals surface area contributed by atoms with Crippen LogP contribution in [0.3, 0.4) is 0 Å². The van der Waals surface area contributed by atoms with Crippen LogP contribution >= 0.6 is 0 Å². The molecule has 2 rings (SSSR count). The highest BCUT2D eigenvalue weighted by Gasteiger charge is 2.22. The third-order valence-corrected chi connectivity index (χ3v) is 1.79. The molecule has 0 spiro atoms. The maximum Gasteiger partial charge on any atom is 0.231 e. The van der Waals surface area contributed by atoms with E-state index in [0.717, 1.165) is 6.07 Å². The predicted octanol–water partition coefficient (Wildman–Crippen LogP) is 2.00. The normalized spacial score (nSPS) is 13.6. The predicted molar refractivity (Wildman–Crippen MR) is 37.2 cm³/mol. The van der Waals surface area contributed by atoms with Crippen molar-refractivity contribution in [1.82, 2.24) is 0 Å². The van der Waals surface area contributed by atoms with Crippen LogP contribution in [0.1, 0.15) is 5.56 Å². The molecule has 0 N–H and O–H groups in total. The molecule has 0 radical (unpaired) electrons. The molecule has 0 bridgehead atoms. The molecule has 0 atom stereocenters. The number of benzene rings is 1. The van der Waals surface area contributed by atoms with E-state index in [1.165, 1.54) is 6.92 Å². The zero-order valence-corrected chi connectivity index (χ0v) is 6.36. The third-order valence-electron chi connectivity index (χ3n) is 1.79. The van der Waals surface area contributed by atoms with Gasteiger partial charge in [-0.2, -0.15) is 0 Å². The summed E-state index contributed by atoms with van der Waals surface area (Å²) in [4.78, 5) is 0. The Balaban J connectivity index is 2.67. The van der Waals surface area contributed by atoms with E-state index in [1.54, 1.807) is 0 Å². The van der Waals surface area contributed by atoms with Crippen molar-refractivity contribution in [3.63, 3.8) is 0 Å². The molecule has 0 saturated carbocycles. The number of ether oxygens (including phenoxy) is 2. The summed E-state index contributed by atoms with van der Waals surface area (Å²) in [6.07, 6.45) is 0. The van der Waals surface area contributed by atoms with Crippen molar-refractivity contribution < 1.29 is 18.3 Å². The minimum atomic E-state index is -0.678. The first-order valence-corrected chi connectivity index (χ1v) is 3.44. The smallest absolute Gasteiger partial charge is 0.231 e. The van der Waals surface area contributed by atoms with Gasteiger partial charge in [0.2, 0.25) is 12.5 Å². The molecule has 1 heterocycles. The minimum Gasteiger partial charge on any atom is -0.453 e. The van der Waals surface area contributed by atoms with E-state index < -0.39 is 11.6 Å². The summed E-state index contributed by atoms with van der Waals surface area (Å²) in [5.41, 5.74) is -0.0424. The molecule has 0 aromatic heterocycles. The van der Waals surface area contributed by atoms with Gasteiger partial charge in [-0.1, -0.05) is 0 Å². The monoisotopic (exact) mass is 172 g/mol. The molecule has 0 fully saturated rings. The van der Waals surface area contributed by atoms with Crippen LogP contribution in [0.2, 0.25) is 0 Å². The Hall–Kier alpha value is -1.32. The Morgan fingerprint density at radius 3 is 2.83 bits per heavy atom. The Kier molecular flexibility index (Phi) is 1.43. The summed E-state index contributed by atoms with van der Waals surface area (Å²) in [7, 11) is 0. The second-order valence-electron chi connectivity index (χ2n) is 2.53. The van der Waals surface area contributed by atoms with Crippen molar-refractivity contribution in [3.8, 4) is 11.5 Å². The highest BCUT2D eigenvalue weighted by Crippen LogP contribution is 2.37. The SMILES string of the molecule is Cc1c(F)cc2c(c1F)OCO2. The van der Waals surface area contributed by atoms with Gasteiger partial charge in [0.05, 0.1) is 0 Å². The van der Waals surface area contributed by atoms with E-state index >= 15 is 0 Å². The van der Waals surface area contributed by atoms with Gasteiger partial charge in [-0.3, -0.25) is 0 Å². The maximum atomic E-state index is 13.1. The van der Waals surface area contributed by atoms with Crippen molar-refractivity contribution in [2.45, 2.75) is 6.92 Å². The van der Waals surface area contributed by atoms with Crippen molar-refractivity contribution in [1.29, 1.82) is 0 Å². The quantitative estimate of drug-likeness (QED) is 0.595. The molecule has 0 amide bonds. The van der Waals surface area contributed by atoms with Crippen LogP contribution < -0.4 is 9.47 Å². The number of hydrogen-bond donors (Lipinski definition) is 0. The lowest BCUT2D eigenvalue weighted by Crippen LogP contribution is -1.94. The van der Waals surface area contributed by atoms with Crippen molar-refractivity contribution in [2.75, 3.05) is 6.79 Å². The zero-order valence-electron chi connectivity index (χ0n) is 6.36. The summed E-state index contributed by atoms with van der Waals surface area (Å²) >= 11 is 0.